The number of carbonyl (C=O) groups excluding carboxylic acids is 1. The van der Waals surface area contributed by atoms with Gasteiger partial charge in [0.25, 0.3) is 5.91 Å². The van der Waals surface area contributed by atoms with E-state index in [1.807, 2.05) is 47.8 Å². The normalized spacial score (nSPS) is 22.7. The summed E-state index contributed by atoms with van der Waals surface area (Å²) < 4.78 is 0.482. The summed E-state index contributed by atoms with van der Waals surface area (Å²) in [7, 11) is 0. The highest BCUT2D eigenvalue weighted by Gasteiger charge is 2.28. The number of nitrogens with zero attached hydrogens (tertiary/aromatic N) is 1. The van der Waals surface area contributed by atoms with Gasteiger partial charge in [-0.1, -0.05) is 12.1 Å². The second kappa shape index (κ2) is 6.96. The Balaban J connectivity index is 1.67. The van der Waals surface area contributed by atoms with Crippen LogP contribution >= 0.6 is 23.5 Å². The van der Waals surface area contributed by atoms with E-state index >= 15 is 0 Å². The minimum Gasteiger partial charge on any atom is -0.481 e. The predicted octanol–water partition coefficient (Wildman–Crippen LogP) is 3.10. The van der Waals surface area contributed by atoms with Crippen LogP contribution in [0.1, 0.15) is 33.3 Å². The number of carboxylic acid groups (broad SMARTS) is 1. The molecule has 1 aromatic rings. The summed E-state index contributed by atoms with van der Waals surface area (Å²) in [5.41, 5.74) is 1.91. The lowest BCUT2D eigenvalue weighted by Gasteiger charge is -2.30. The van der Waals surface area contributed by atoms with E-state index < -0.39 is 11.9 Å². The van der Waals surface area contributed by atoms with Crippen molar-refractivity contribution in [1.82, 2.24) is 4.90 Å². The van der Waals surface area contributed by atoms with Crippen LogP contribution in [0.2, 0.25) is 0 Å². The van der Waals surface area contributed by atoms with Crippen molar-refractivity contribution in [2.45, 2.75) is 17.4 Å². The van der Waals surface area contributed by atoms with Crippen molar-refractivity contribution in [3.8, 4) is 0 Å². The summed E-state index contributed by atoms with van der Waals surface area (Å²) in [5.74, 6) is 1.08. The van der Waals surface area contributed by atoms with Gasteiger partial charge >= 0.3 is 5.97 Å². The number of rotatable bonds is 3. The van der Waals surface area contributed by atoms with Crippen molar-refractivity contribution in [3.05, 3.63) is 35.4 Å². The third-order valence-corrected chi connectivity index (χ3v) is 7.21. The Hall–Kier alpha value is -1.14. The first-order chi connectivity index (χ1) is 10.6. The van der Waals surface area contributed by atoms with E-state index in [4.69, 9.17) is 5.11 Å². The highest BCUT2D eigenvalue weighted by atomic mass is 32.2. The number of hydrogen-bond acceptors (Lipinski definition) is 4. The molecule has 118 valence electrons. The summed E-state index contributed by atoms with van der Waals surface area (Å²) in [6.45, 7) is 0.975. The Bertz CT molecular complexity index is 555. The first-order valence-corrected chi connectivity index (χ1v) is 9.60. The Morgan fingerprint density at radius 3 is 2.45 bits per heavy atom. The van der Waals surface area contributed by atoms with Crippen LogP contribution in [-0.2, 0) is 4.79 Å². The van der Waals surface area contributed by atoms with Crippen molar-refractivity contribution in [2.24, 2.45) is 5.92 Å². The zero-order valence-electron chi connectivity index (χ0n) is 12.2. The molecule has 1 atom stereocenters. The van der Waals surface area contributed by atoms with Crippen LogP contribution in [0.5, 0.6) is 0 Å². The molecule has 0 radical (unpaired) electrons. The third kappa shape index (κ3) is 3.43. The van der Waals surface area contributed by atoms with Gasteiger partial charge in [-0.05, 0) is 30.5 Å². The average molecular weight is 337 g/mol. The minimum absolute atomic E-state index is 0.0516. The van der Waals surface area contributed by atoms with Crippen LogP contribution in [0.4, 0.5) is 0 Å². The molecule has 1 aromatic carbocycles. The van der Waals surface area contributed by atoms with Crippen molar-refractivity contribution in [3.63, 3.8) is 0 Å². The SMILES string of the molecule is O=C(O)C1CCCN(C(=O)c2ccc(C3SCCS3)cc2)C1. The Labute approximate surface area is 138 Å². The largest absolute Gasteiger partial charge is 0.481 e. The number of aliphatic carboxylic acids is 1. The van der Waals surface area contributed by atoms with Gasteiger partial charge in [-0.25, -0.2) is 0 Å². The van der Waals surface area contributed by atoms with Crippen molar-refractivity contribution in [1.29, 1.82) is 0 Å². The molecule has 6 heteroatoms. The summed E-state index contributed by atoms with van der Waals surface area (Å²) in [6, 6.07) is 7.81. The van der Waals surface area contributed by atoms with E-state index in [-0.39, 0.29) is 5.91 Å². The van der Waals surface area contributed by atoms with Crippen molar-refractivity contribution >= 4 is 35.4 Å². The van der Waals surface area contributed by atoms with Gasteiger partial charge < -0.3 is 10.0 Å². The second-order valence-electron chi connectivity index (χ2n) is 5.62. The molecule has 1 unspecified atom stereocenters. The first-order valence-electron chi connectivity index (χ1n) is 7.50. The highest BCUT2D eigenvalue weighted by molar-refractivity contribution is 8.19. The fraction of sp³-hybridized carbons (Fsp3) is 0.500. The molecular weight excluding hydrogens is 318 g/mol. The number of amides is 1. The molecule has 0 spiro atoms. The lowest BCUT2D eigenvalue weighted by Crippen LogP contribution is -2.42. The molecular formula is C16H19NO3S2. The van der Waals surface area contributed by atoms with Crippen molar-refractivity contribution < 1.29 is 14.7 Å². The molecule has 1 amide bonds. The number of piperidine rings is 1. The zero-order valence-corrected chi connectivity index (χ0v) is 13.9. The van der Waals surface area contributed by atoms with Gasteiger partial charge in [0.1, 0.15) is 0 Å². The van der Waals surface area contributed by atoms with Crippen LogP contribution in [0.3, 0.4) is 0 Å². The molecule has 2 aliphatic heterocycles. The maximum Gasteiger partial charge on any atom is 0.308 e. The van der Waals surface area contributed by atoms with Gasteiger partial charge in [0, 0.05) is 30.2 Å². The van der Waals surface area contributed by atoms with Gasteiger partial charge in [0.05, 0.1) is 10.5 Å². The number of likely N-dealkylation sites (tertiary alicyclic amines) is 1. The monoisotopic (exact) mass is 337 g/mol. The molecule has 2 saturated heterocycles. The molecule has 4 nitrogen and oxygen atoms in total. The van der Waals surface area contributed by atoms with Gasteiger partial charge in [-0.3, -0.25) is 9.59 Å². The van der Waals surface area contributed by atoms with Gasteiger partial charge in [-0.2, -0.15) is 0 Å². The van der Waals surface area contributed by atoms with Crippen molar-refractivity contribution in [2.75, 3.05) is 24.6 Å². The number of thioether (sulfide) groups is 2. The zero-order chi connectivity index (χ0) is 15.5. The maximum absolute atomic E-state index is 12.5. The Morgan fingerprint density at radius 2 is 1.82 bits per heavy atom. The quantitative estimate of drug-likeness (QED) is 0.918. The van der Waals surface area contributed by atoms with E-state index in [1.54, 1.807) is 4.90 Å². The Kier molecular flexibility index (Phi) is 4.98. The lowest BCUT2D eigenvalue weighted by atomic mass is 9.97. The van der Waals surface area contributed by atoms with Gasteiger partial charge in [0.15, 0.2) is 0 Å². The predicted molar refractivity (Wildman–Crippen MR) is 90.4 cm³/mol. The molecule has 22 heavy (non-hydrogen) atoms. The molecule has 2 heterocycles. The van der Waals surface area contributed by atoms with E-state index in [2.05, 4.69) is 0 Å². The number of carboxylic acids is 1. The first kappa shape index (κ1) is 15.7. The fourth-order valence-electron chi connectivity index (χ4n) is 2.88. The molecule has 0 saturated carbocycles. The molecule has 2 fully saturated rings. The number of carbonyl (C=O) groups is 2. The van der Waals surface area contributed by atoms with Gasteiger partial charge in [-0.15, -0.1) is 23.5 Å². The minimum atomic E-state index is -0.803. The van der Waals surface area contributed by atoms with E-state index in [0.29, 0.717) is 29.7 Å². The van der Waals surface area contributed by atoms with E-state index in [1.165, 1.54) is 17.1 Å². The average Bonchev–Trinajstić information content (AvgIpc) is 3.09. The molecule has 0 aromatic heterocycles. The van der Waals surface area contributed by atoms with Crippen LogP contribution in [0.25, 0.3) is 0 Å². The van der Waals surface area contributed by atoms with Crippen LogP contribution in [0, 0.1) is 5.92 Å². The fourth-order valence-corrected chi connectivity index (χ4v) is 5.74. The van der Waals surface area contributed by atoms with E-state index in [0.717, 1.165) is 6.42 Å². The maximum atomic E-state index is 12.5. The smallest absolute Gasteiger partial charge is 0.308 e. The van der Waals surface area contributed by atoms with Gasteiger partial charge in [0.2, 0.25) is 0 Å². The third-order valence-electron chi connectivity index (χ3n) is 4.11. The lowest BCUT2D eigenvalue weighted by molar-refractivity contribution is -0.143. The second-order valence-corrected chi connectivity index (χ2v) is 8.35. The highest BCUT2D eigenvalue weighted by Crippen LogP contribution is 2.45. The standard InChI is InChI=1S/C16H19NO3S2/c18-14(17-7-1-2-13(10-17)15(19)20)11-3-5-12(6-4-11)16-21-8-9-22-16/h3-6,13,16H,1-2,7-10H2,(H,19,20). The molecule has 2 aliphatic rings. The molecule has 0 bridgehead atoms. The van der Waals surface area contributed by atoms with Crippen LogP contribution in [0.15, 0.2) is 24.3 Å². The number of benzene rings is 1. The van der Waals surface area contributed by atoms with Crippen LogP contribution < -0.4 is 0 Å². The molecule has 3 rings (SSSR count). The summed E-state index contributed by atoms with van der Waals surface area (Å²) in [4.78, 5) is 25.3. The topological polar surface area (TPSA) is 57.6 Å². The molecule has 1 N–H and O–H groups in total. The van der Waals surface area contributed by atoms with Crippen LogP contribution in [-0.4, -0.2) is 46.5 Å². The van der Waals surface area contributed by atoms with E-state index in [9.17, 15) is 9.59 Å². The Morgan fingerprint density at radius 1 is 1.14 bits per heavy atom. The summed E-state index contributed by atoms with van der Waals surface area (Å²) in [6.07, 6.45) is 1.42. The molecule has 0 aliphatic carbocycles. The number of hydrogen-bond donors (Lipinski definition) is 1. The summed E-state index contributed by atoms with van der Waals surface area (Å²) in [5, 5.41) is 9.12. The summed E-state index contributed by atoms with van der Waals surface area (Å²) >= 11 is 3.89.